The molecule has 2 N–H and O–H groups in total. The Balaban J connectivity index is 0. The van der Waals surface area contributed by atoms with Crippen molar-refractivity contribution in [1.82, 2.24) is 0 Å². The van der Waals surface area contributed by atoms with Crippen LogP contribution in [0.4, 0.5) is 0 Å². The molecule has 0 heterocycles. The van der Waals surface area contributed by atoms with E-state index in [4.69, 9.17) is 10.2 Å². The van der Waals surface area contributed by atoms with Crippen molar-refractivity contribution >= 4 is 0 Å². The lowest BCUT2D eigenvalue weighted by Crippen LogP contribution is -1.85. The van der Waals surface area contributed by atoms with E-state index in [-0.39, 0.29) is 13.2 Å². The van der Waals surface area contributed by atoms with Crippen LogP contribution in [-0.2, 0) is 4.74 Å². The van der Waals surface area contributed by atoms with E-state index in [2.05, 4.69) is 11.3 Å². The van der Waals surface area contributed by atoms with Gasteiger partial charge >= 0.3 is 0 Å². The topological polar surface area (TPSA) is 49.7 Å². The number of methoxy groups -OCH3 is 1. The van der Waals surface area contributed by atoms with E-state index < -0.39 is 0 Å². The fourth-order valence-electron chi connectivity index (χ4n) is 0.250. The molecule has 0 aromatic heterocycles. The van der Waals surface area contributed by atoms with Gasteiger partial charge in [-0.15, -0.1) is 0 Å². The average molecular weight is 176 g/mol. The van der Waals surface area contributed by atoms with Gasteiger partial charge in [0.05, 0.1) is 26.6 Å². The van der Waals surface area contributed by atoms with Gasteiger partial charge in [0.1, 0.15) is 0 Å². The number of aliphatic hydroxyl groups excluding tert-OH is 2. The van der Waals surface area contributed by atoms with Gasteiger partial charge in [-0.05, 0) is 0 Å². The Bertz CT molecular complexity index is 64.2. The molecule has 74 valence electrons. The number of ether oxygens (including phenoxy) is 1. The van der Waals surface area contributed by atoms with Gasteiger partial charge in [-0.3, -0.25) is 0 Å². The fourth-order valence-corrected chi connectivity index (χ4v) is 0.250. The SMILES string of the molecule is C1CCC1.C=COC.OCCO. The van der Waals surface area contributed by atoms with Crippen molar-refractivity contribution in [3.8, 4) is 0 Å². The zero-order valence-corrected chi connectivity index (χ0v) is 7.83. The van der Waals surface area contributed by atoms with Gasteiger partial charge < -0.3 is 14.9 Å². The Morgan fingerprint density at radius 3 is 1.42 bits per heavy atom. The quantitative estimate of drug-likeness (QED) is 0.624. The first-order valence-electron chi connectivity index (χ1n) is 4.18. The molecule has 1 aliphatic rings. The van der Waals surface area contributed by atoms with E-state index in [1.807, 2.05) is 0 Å². The summed E-state index contributed by atoms with van der Waals surface area (Å²) in [6.07, 6.45) is 7.38. The molecule has 0 spiro atoms. The van der Waals surface area contributed by atoms with E-state index in [1.54, 1.807) is 7.11 Å². The third kappa shape index (κ3) is 22.7. The number of hydrogen-bond acceptors (Lipinski definition) is 3. The molecule has 0 amide bonds. The van der Waals surface area contributed by atoms with Gasteiger partial charge in [-0.25, -0.2) is 0 Å². The van der Waals surface area contributed by atoms with E-state index in [1.165, 1.54) is 31.9 Å². The maximum Gasteiger partial charge on any atom is 0.0766 e. The minimum Gasteiger partial charge on any atom is -0.505 e. The Hall–Kier alpha value is -0.540. The van der Waals surface area contributed by atoms with Crippen LogP contribution in [0.15, 0.2) is 12.8 Å². The highest BCUT2D eigenvalue weighted by atomic mass is 16.5. The smallest absolute Gasteiger partial charge is 0.0766 e. The molecular weight excluding hydrogens is 156 g/mol. The van der Waals surface area contributed by atoms with Crippen LogP contribution < -0.4 is 0 Å². The molecular formula is C9H20O3. The normalized spacial score (nSPS) is 12.2. The molecule has 0 aliphatic heterocycles. The summed E-state index contributed by atoms with van der Waals surface area (Å²) in [6, 6.07) is 0. The van der Waals surface area contributed by atoms with Crippen LogP contribution in [0.2, 0.25) is 0 Å². The second-order valence-electron chi connectivity index (χ2n) is 2.26. The van der Waals surface area contributed by atoms with E-state index >= 15 is 0 Å². The highest BCUT2D eigenvalue weighted by Crippen LogP contribution is 2.15. The van der Waals surface area contributed by atoms with Crippen LogP contribution in [-0.4, -0.2) is 30.5 Å². The average Bonchev–Trinajstić information content (AvgIpc) is 2.01. The highest BCUT2D eigenvalue weighted by molar-refractivity contribution is 4.50. The van der Waals surface area contributed by atoms with Crippen LogP contribution >= 0.6 is 0 Å². The van der Waals surface area contributed by atoms with Gasteiger partial charge in [-0.1, -0.05) is 32.3 Å². The number of aliphatic hydroxyl groups is 2. The Morgan fingerprint density at radius 1 is 1.17 bits per heavy atom. The zero-order chi connectivity index (χ0) is 9.66. The first-order chi connectivity index (χ1) is 5.83. The molecule has 0 aromatic rings. The minimum atomic E-state index is -0.125. The van der Waals surface area contributed by atoms with Gasteiger partial charge in [0.15, 0.2) is 0 Å². The number of rotatable bonds is 2. The first-order valence-corrected chi connectivity index (χ1v) is 4.18. The summed E-state index contributed by atoms with van der Waals surface area (Å²) in [7, 11) is 1.56. The maximum atomic E-state index is 7.62. The molecule has 0 aromatic carbocycles. The molecule has 3 heteroatoms. The summed E-state index contributed by atoms with van der Waals surface area (Å²) in [5.41, 5.74) is 0. The number of hydrogen-bond donors (Lipinski definition) is 2. The lowest BCUT2D eigenvalue weighted by Gasteiger charge is -2.05. The Morgan fingerprint density at radius 2 is 1.42 bits per heavy atom. The third-order valence-electron chi connectivity index (χ3n) is 1.27. The van der Waals surface area contributed by atoms with E-state index in [0.29, 0.717) is 0 Å². The van der Waals surface area contributed by atoms with Gasteiger partial charge in [0, 0.05) is 0 Å². The fraction of sp³-hybridized carbons (Fsp3) is 0.778. The van der Waals surface area contributed by atoms with Crippen LogP contribution in [0.25, 0.3) is 0 Å². The van der Waals surface area contributed by atoms with Crippen molar-refractivity contribution in [3.63, 3.8) is 0 Å². The van der Waals surface area contributed by atoms with Crippen molar-refractivity contribution in [1.29, 1.82) is 0 Å². The summed E-state index contributed by atoms with van der Waals surface area (Å²) < 4.78 is 4.31. The summed E-state index contributed by atoms with van der Waals surface area (Å²) in [5.74, 6) is 0. The van der Waals surface area contributed by atoms with Gasteiger partial charge in [0.2, 0.25) is 0 Å². The molecule has 1 fully saturated rings. The lowest BCUT2D eigenvalue weighted by molar-refractivity contribution is 0.186. The van der Waals surface area contributed by atoms with Crippen molar-refractivity contribution < 1.29 is 14.9 Å². The molecule has 1 rings (SSSR count). The molecule has 0 radical (unpaired) electrons. The molecule has 0 bridgehead atoms. The summed E-state index contributed by atoms with van der Waals surface area (Å²) in [4.78, 5) is 0. The van der Waals surface area contributed by atoms with Crippen LogP contribution in [0, 0.1) is 0 Å². The van der Waals surface area contributed by atoms with Gasteiger partial charge in [-0.2, -0.15) is 0 Å². The van der Waals surface area contributed by atoms with Crippen molar-refractivity contribution in [2.45, 2.75) is 25.7 Å². The predicted molar refractivity (Wildman–Crippen MR) is 49.8 cm³/mol. The molecule has 0 saturated heterocycles. The monoisotopic (exact) mass is 176 g/mol. The molecule has 3 nitrogen and oxygen atoms in total. The van der Waals surface area contributed by atoms with Crippen molar-refractivity contribution in [3.05, 3.63) is 12.8 Å². The summed E-state index contributed by atoms with van der Waals surface area (Å²) >= 11 is 0. The largest absolute Gasteiger partial charge is 0.505 e. The molecule has 0 unspecified atom stereocenters. The molecule has 12 heavy (non-hydrogen) atoms. The van der Waals surface area contributed by atoms with E-state index in [9.17, 15) is 0 Å². The molecule has 1 saturated carbocycles. The van der Waals surface area contributed by atoms with Crippen molar-refractivity contribution in [2.75, 3.05) is 20.3 Å². The zero-order valence-electron chi connectivity index (χ0n) is 7.83. The molecule has 0 atom stereocenters. The summed E-state index contributed by atoms with van der Waals surface area (Å²) in [6.45, 7) is 3.01. The maximum absolute atomic E-state index is 7.62. The van der Waals surface area contributed by atoms with Crippen molar-refractivity contribution in [2.24, 2.45) is 0 Å². The lowest BCUT2D eigenvalue weighted by atomic mass is 10.0. The van der Waals surface area contributed by atoms with Gasteiger partial charge in [0.25, 0.3) is 0 Å². The van der Waals surface area contributed by atoms with E-state index in [0.717, 1.165) is 0 Å². The second kappa shape index (κ2) is 16.8. The summed E-state index contributed by atoms with van der Waals surface area (Å²) in [5, 5.41) is 15.2. The third-order valence-corrected chi connectivity index (χ3v) is 1.27. The Kier molecular flexibility index (Phi) is 19.6. The minimum absolute atomic E-state index is 0.125. The second-order valence-corrected chi connectivity index (χ2v) is 2.26. The predicted octanol–water partition coefficient (Wildman–Crippen LogP) is 1.31. The standard InChI is InChI=1S/C4H8.C3H6O.C2H6O2/c1-2-4-3-1;1-3-4-2;3-1-2-4/h1-4H2;3H,1H2,2H3;3-4H,1-2H2. The first kappa shape index (κ1) is 14.0. The van der Waals surface area contributed by atoms with Crippen LogP contribution in [0.5, 0.6) is 0 Å². The van der Waals surface area contributed by atoms with Crippen LogP contribution in [0.3, 0.4) is 0 Å². The van der Waals surface area contributed by atoms with Crippen LogP contribution in [0.1, 0.15) is 25.7 Å². The Labute approximate surface area is 74.7 Å². The highest BCUT2D eigenvalue weighted by Gasteiger charge is 1.95. The molecule has 1 aliphatic carbocycles.